The van der Waals surface area contributed by atoms with E-state index in [1.807, 2.05) is 13.8 Å². The van der Waals surface area contributed by atoms with Gasteiger partial charge in [0.05, 0.1) is 18.8 Å². The second kappa shape index (κ2) is 5.29. The molecular weight excluding hydrogens is 250 g/mol. The van der Waals surface area contributed by atoms with E-state index in [-0.39, 0.29) is 12.5 Å². The molecule has 0 aromatic carbocycles. The molecule has 7 nitrogen and oxygen atoms in total. The van der Waals surface area contributed by atoms with Gasteiger partial charge in [0.25, 0.3) is 0 Å². The van der Waals surface area contributed by atoms with Gasteiger partial charge in [0.2, 0.25) is 5.91 Å². The first-order valence-corrected chi connectivity index (χ1v) is 6.06. The molecule has 1 fully saturated rings. The monoisotopic (exact) mass is 267 g/mol. The summed E-state index contributed by atoms with van der Waals surface area (Å²) in [7, 11) is 1.69. The predicted molar refractivity (Wildman–Crippen MR) is 65.4 cm³/mol. The van der Waals surface area contributed by atoms with Crippen LogP contribution >= 0.6 is 0 Å². The number of ether oxygens (including phenoxy) is 1. The molecule has 2 rings (SSSR count). The van der Waals surface area contributed by atoms with Crippen LogP contribution < -0.4 is 0 Å². The number of likely N-dealkylation sites (N-methyl/N-ethyl adjacent to an activating group) is 1. The summed E-state index contributed by atoms with van der Waals surface area (Å²) in [5.41, 5.74) is 1.68. The zero-order valence-corrected chi connectivity index (χ0v) is 11.3. The Morgan fingerprint density at radius 3 is 2.74 bits per heavy atom. The van der Waals surface area contributed by atoms with Crippen molar-refractivity contribution in [2.45, 2.75) is 20.4 Å². The Kier molecular flexibility index (Phi) is 3.73. The molecule has 2 heterocycles. The lowest BCUT2D eigenvalue weighted by molar-refractivity contribution is -0.130. The molecule has 7 heteroatoms. The summed E-state index contributed by atoms with van der Waals surface area (Å²) in [4.78, 5) is 26.2. The smallest absolute Gasteiger partial charge is 0.410 e. The minimum absolute atomic E-state index is 0.0404. The third kappa shape index (κ3) is 2.86. The second-order valence-electron chi connectivity index (χ2n) is 4.59. The number of nitrogens with zero attached hydrogens (tertiary/aromatic N) is 3. The van der Waals surface area contributed by atoms with Crippen LogP contribution in [0, 0.1) is 13.8 Å². The Balaban J connectivity index is 1.94. The fraction of sp³-hybridized carbons (Fsp3) is 0.583. The molecule has 2 amide bonds. The number of hydrogen-bond acceptors (Lipinski definition) is 5. The number of amides is 2. The highest BCUT2D eigenvalue weighted by Gasteiger charge is 2.26. The molecular formula is C12H17N3O4. The summed E-state index contributed by atoms with van der Waals surface area (Å²) in [5.74, 6) is 0.566. The summed E-state index contributed by atoms with van der Waals surface area (Å²) >= 11 is 0. The normalized spacial score (nSPS) is 14.7. The number of hydrogen-bond donors (Lipinski definition) is 0. The number of aryl methyl sites for hydroxylation is 2. The Morgan fingerprint density at radius 2 is 2.21 bits per heavy atom. The molecule has 0 radical (unpaired) electrons. The molecule has 1 aliphatic rings. The summed E-state index contributed by atoms with van der Waals surface area (Å²) in [6.45, 7) is 4.92. The molecule has 0 N–H and O–H groups in total. The van der Waals surface area contributed by atoms with Gasteiger partial charge < -0.3 is 14.2 Å². The van der Waals surface area contributed by atoms with Crippen molar-refractivity contribution in [3.63, 3.8) is 0 Å². The van der Waals surface area contributed by atoms with Crippen molar-refractivity contribution in [1.29, 1.82) is 0 Å². The second-order valence-corrected chi connectivity index (χ2v) is 4.59. The molecule has 0 aliphatic carbocycles. The summed E-state index contributed by atoms with van der Waals surface area (Å²) in [5, 5.41) is 3.85. The molecule has 1 aromatic heterocycles. The van der Waals surface area contributed by atoms with Gasteiger partial charge in [-0.3, -0.25) is 9.69 Å². The predicted octanol–water partition coefficient (Wildman–Crippen LogP) is 0.702. The average molecular weight is 267 g/mol. The van der Waals surface area contributed by atoms with Gasteiger partial charge in [-0.2, -0.15) is 0 Å². The van der Waals surface area contributed by atoms with Crippen molar-refractivity contribution in [1.82, 2.24) is 15.0 Å². The topological polar surface area (TPSA) is 75.9 Å². The molecule has 0 spiro atoms. The Labute approximate surface area is 111 Å². The first-order valence-electron chi connectivity index (χ1n) is 6.06. The van der Waals surface area contributed by atoms with Crippen molar-refractivity contribution in [3.8, 4) is 0 Å². The molecule has 0 saturated carbocycles. The maximum atomic E-state index is 12.0. The van der Waals surface area contributed by atoms with Crippen LogP contribution in [-0.2, 0) is 16.1 Å². The maximum absolute atomic E-state index is 12.0. The fourth-order valence-corrected chi connectivity index (χ4v) is 1.91. The van der Waals surface area contributed by atoms with E-state index in [1.54, 1.807) is 11.9 Å². The Morgan fingerprint density at radius 1 is 1.47 bits per heavy atom. The minimum Gasteiger partial charge on any atom is -0.448 e. The van der Waals surface area contributed by atoms with E-state index in [0.29, 0.717) is 25.5 Å². The molecule has 0 unspecified atom stereocenters. The van der Waals surface area contributed by atoms with Gasteiger partial charge in [-0.15, -0.1) is 0 Å². The standard InChI is InChI=1S/C12H17N3O4/c1-8-10(9(2)19-13-8)6-14(3)11(16)7-15-4-5-18-12(15)17/h4-7H2,1-3H3. The largest absolute Gasteiger partial charge is 0.448 e. The Bertz CT molecular complexity index is 478. The third-order valence-corrected chi connectivity index (χ3v) is 3.17. The molecule has 1 aromatic rings. The van der Waals surface area contributed by atoms with Gasteiger partial charge in [0, 0.05) is 12.6 Å². The lowest BCUT2D eigenvalue weighted by Gasteiger charge is -2.20. The van der Waals surface area contributed by atoms with Crippen LogP contribution in [0.25, 0.3) is 0 Å². The van der Waals surface area contributed by atoms with Crippen molar-refractivity contribution < 1.29 is 18.8 Å². The number of carbonyl (C=O) groups is 2. The fourth-order valence-electron chi connectivity index (χ4n) is 1.91. The number of aromatic nitrogens is 1. The van der Waals surface area contributed by atoms with Crippen LogP contribution in [0.3, 0.4) is 0 Å². The van der Waals surface area contributed by atoms with Crippen LogP contribution in [-0.4, -0.2) is 53.7 Å². The first-order chi connectivity index (χ1) is 8.99. The molecule has 19 heavy (non-hydrogen) atoms. The quantitative estimate of drug-likeness (QED) is 0.802. The van der Waals surface area contributed by atoms with Crippen molar-refractivity contribution in [2.24, 2.45) is 0 Å². The van der Waals surface area contributed by atoms with Crippen LogP contribution in [0.4, 0.5) is 4.79 Å². The maximum Gasteiger partial charge on any atom is 0.410 e. The van der Waals surface area contributed by atoms with Crippen LogP contribution in [0.1, 0.15) is 17.0 Å². The highest BCUT2D eigenvalue weighted by Crippen LogP contribution is 2.14. The summed E-state index contributed by atoms with van der Waals surface area (Å²) in [6, 6.07) is 0. The lowest BCUT2D eigenvalue weighted by Crippen LogP contribution is -2.38. The van der Waals surface area contributed by atoms with E-state index in [1.165, 1.54) is 4.90 Å². The van der Waals surface area contributed by atoms with Gasteiger partial charge >= 0.3 is 6.09 Å². The Hall–Kier alpha value is -2.05. The third-order valence-electron chi connectivity index (χ3n) is 3.17. The van der Waals surface area contributed by atoms with E-state index in [0.717, 1.165) is 11.3 Å². The van der Waals surface area contributed by atoms with Gasteiger partial charge in [0.15, 0.2) is 0 Å². The average Bonchev–Trinajstić information content (AvgIpc) is 2.90. The van der Waals surface area contributed by atoms with Gasteiger partial charge in [0.1, 0.15) is 18.9 Å². The van der Waals surface area contributed by atoms with E-state index in [4.69, 9.17) is 9.26 Å². The molecule has 1 aliphatic heterocycles. The van der Waals surface area contributed by atoms with Crippen LogP contribution in [0.5, 0.6) is 0 Å². The highest BCUT2D eigenvalue weighted by atomic mass is 16.6. The van der Waals surface area contributed by atoms with Gasteiger partial charge in [-0.1, -0.05) is 5.16 Å². The number of rotatable bonds is 4. The van der Waals surface area contributed by atoms with Crippen molar-refractivity contribution in [2.75, 3.05) is 26.7 Å². The highest BCUT2D eigenvalue weighted by molar-refractivity contribution is 5.82. The summed E-state index contributed by atoms with van der Waals surface area (Å²) in [6.07, 6.45) is -0.431. The van der Waals surface area contributed by atoms with E-state index >= 15 is 0 Å². The van der Waals surface area contributed by atoms with E-state index in [9.17, 15) is 9.59 Å². The summed E-state index contributed by atoms with van der Waals surface area (Å²) < 4.78 is 9.84. The first kappa shape index (κ1) is 13.4. The van der Waals surface area contributed by atoms with Crippen molar-refractivity contribution in [3.05, 3.63) is 17.0 Å². The van der Waals surface area contributed by atoms with E-state index < -0.39 is 6.09 Å². The minimum atomic E-state index is -0.431. The molecule has 104 valence electrons. The lowest BCUT2D eigenvalue weighted by atomic mass is 10.2. The molecule has 1 saturated heterocycles. The molecule has 0 bridgehead atoms. The van der Waals surface area contributed by atoms with Crippen molar-refractivity contribution >= 4 is 12.0 Å². The number of cyclic esters (lactones) is 1. The van der Waals surface area contributed by atoms with E-state index in [2.05, 4.69) is 5.16 Å². The number of carbonyl (C=O) groups excluding carboxylic acids is 2. The van der Waals surface area contributed by atoms with Crippen LogP contribution in [0.15, 0.2) is 4.52 Å². The zero-order valence-electron chi connectivity index (χ0n) is 11.3. The van der Waals surface area contributed by atoms with Gasteiger partial charge in [-0.25, -0.2) is 4.79 Å². The SMILES string of the molecule is Cc1noc(C)c1CN(C)C(=O)CN1CCOC1=O. The zero-order chi connectivity index (χ0) is 14.0. The van der Waals surface area contributed by atoms with Gasteiger partial charge in [-0.05, 0) is 13.8 Å². The molecule has 0 atom stereocenters. The van der Waals surface area contributed by atoms with Crippen LogP contribution in [0.2, 0.25) is 0 Å².